The third kappa shape index (κ3) is 2.58. The molecule has 0 atom stereocenters. The minimum absolute atomic E-state index is 0.0252. The molecule has 0 saturated heterocycles. The predicted octanol–water partition coefficient (Wildman–Crippen LogP) is 8.50. The molecule has 3 aliphatic carbocycles. The number of hydrogen-bond donors (Lipinski definition) is 0. The summed E-state index contributed by atoms with van der Waals surface area (Å²) in [5.41, 5.74) is 9.77. The summed E-state index contributed by atoms with van der Waals surface area (Å²) < 4.78 is 0. The first kappa shape index (κ1) is 21.4. The minimum Gasteiger partial charge on any atom is -0.248 e. The van der Waals surface area contributed by atoms with Crippen LogP contribution >= 0.6 is 0 Å². The van der Waals surface area contributed by atoms with Crippen LogP contribution in [0, 0.1) is 17.9 Å². The van der Waals surface area contributed by atoms with Crippen molar-refractivity contribution in [2.24, 2.45) is 0 Å². The first-order valence-electron chi connectivity index (χ1n) is 13.3. The second-order valence-corrected chi connectivity index (χ2v) is 10.7. The van der Waals surface area contributed by atoms with E-state index in [4.69, 9.17) is 16.5 Å². The Bertz CT molecular complexity index is 2160. The standard InChI is InChI=1S/C36H18N4/c1-38-34-27-15-20-9-3-2-8-19(20)14-25(27)29(18-37)26-16-30-31(17-28(26)34)40-36-33-23-12-6-4-10-21(23)32(35(36)39-30)22-11-5-7-13-24(22)33/h2-17,32-33H. The van der Waals surface area contributed by atoms with Crippen molar-refractivity contribution >= 4 is 49.0 Å². The van der Waals surface area contributed by atoms with E-state index < -0.39 is 0 Å². The van der Waals surface area contributed by atoms with Crippen molar-refractivity contribution in [3.63, 3.8) is 0 Å². The molecule has 0 amide bonds. The van der Waals surface area contributed by atoms with Crippen molar-refractivity contribution in [1.82, 2.24) is 9.97 Å². The van der Waals surface area contributed by atoms with Crippen molar-refractivity contribution in [1.29, 1.82) is 5.26 Å². The van der Waals surface area contributed by atoms with E-state index in [1.165, 1.54) is 22.3 Å². The highest BCUT2D eigenvalue weighted by Crippen LogP contribution is 2.54. The van der Waals surface area contributed by atoms with Crippen LogP contribution in [0.2, 0.25) is 0 Å². The number of fused-ring (bicyclic) bond motifs is 4. The van der Waals surface area contributed by atoms with Crippen LogP contribution < -0.4 is 0 Å². The summed E-state index contributed by atoms with van der Waals surface area (Å²) in [6, 6.07) is 35.8. The molecular formula is C36H18N4. The minimum atomic E-state index is 0.0252. The third-order valence-corrected chi connectivity index (χ3v) is 8.80. The number of benzene rings is 6. The van der Waals surface area contributed by atoms with Crippen LogP contribution in [0.4, 0.5) is 5.69 Å². The Hall–Kier alpha value is -5.58. The topological polar surface area (TPSA) is 53.9 Å². The van der Waals surface area contributed by atoms with Crippen molar-refractivity contribution in [3.8, 4) is 6.07 Å². The first-order valence-corrected chi connectivity index (χ1v) is 13.3. The van der Waals surface area contributed by atoms with E-state index in [1.807, 2.05) is 48.5 Å². The van der Waals surface area contributed by atoms with E-state index >= 15 is 0 Å². The SMILES string of the molecule is [C-]#[N+]c1c2cc3ccccc3cc2c(C#N)c2cc3nc4c(nc3cc12)C1c2ccccc2C4c2ccccc21. The molecule has 6 aromatic carbocycles. The normalized spacial score (nSPS) is 16.4. The van der Waals surface area contributed by atoms with E-state index in [-0.39, 0.29) is 11.8 Å². The maximum Gasteiger partial charge on any atom is 0.202 e. The summed E-state index contributed by atoms with van der Waals surface area (Å²) in [6.07, 6.45) is 0. The van der Waals surface area contributed by atoms with Crippen LogP contribution in [0.25, 0.3) is 48.2 Å². The highest BCUT2D eigenvalue weighted by molar-refractivity contribution is 6.20. The fourth-order valence-corrected chi connectivity index (χ4v) is 7.13. The fraction of sp³-hybridized carbons (Fsp3) is 0.0556. The van der Waals surface area contributed by atoms with E-state index in [9.17, 15) is 5.26 Å². The van der Waals surface area contributed by atoms with Gasteiger partial charge in [0.05, 0.1) is 46.4 Å². The van der Waals surface area contributed by atoms with E-state index in [1.54, 1.807) is 0 Å². The lowest BCUT2D eigenvalue weighted by atomic mass is 9.64. The van der Waals surface area contributed by atoms with Crippen LogP contribution in [-0.2, 0) is 0 Å². The smallest absolute Gasteiger partial charge is 0.202 e. The van der Waals surface area contributed by atoms with Gasteiger partial charge in [-0.3, -0.25) is 0 Å². The second kappa shape index (κ2) is 7.50. The number of nitrogens with zero attached hydrogens (tertiary/aromatic N) is 4. The number of nitriles is 1. The molecule has 182 valence electrons. The van der Waals surface area contributed by atoms with Gasteiger partial charge in [-0.1, -0.05) is 78.9 Å². The molecule has 1 heterocycles. The highest BCUT2D eigenvalue weighted by Gasteiger charge is 2.43. The van der Waals surface area contributed by atoms with Gasteiger partial charge >= 0.3 is 0 Å². The number of aromatic nitrogens is 2. The molecule has 0 N–H and O–H groups in total. The van der Waals surface area contributed by atoms with Gasteiger partial charge in [-0.25, -0.2) is 14.8 Å². The molecule has 0 unspecified atom stereocenters. The zero-order chi connectivity index (χ0) is 26.5. The number of rotatable bonds is 0. The fourth-order valence-electron chi connectivity index (χ4n) is 7.13. The van der Waals surface area contributed by atoms with Gasteiger partial charge in [0, 0.05) is 0 Å². The van der Waals surface area contributed by atoms with Gasteiger partial charge in [0.15, 0.2) is 0 Å². The van der Waals surface area contributed by atoms with Gasteiger partial charge in [0.25, 0.3) is 0 Å². The summed E-state index contributed by atoms with van der Waals surface area (Å²) in [7, 11) is 0. The van der Waals surface area contributed by atoms with Crippen molar-refractivity contribution in [2.75, 3.05) is 0 Å². The molecule has 4 nitrogen and oxygen atoms in total. The highest BCUT2D eigenvalue weighted by atomic mass is 14.9. The summed E-state index contributed by atoms with van der Waals surface area (Å²) in [5, 5.41) is 15.6. The molecule has 10 rings (SSSR count). The van der Waals surface area contributed by atoms with Gasteiger partial charge in [0.1, 0.15) is 6.07 Å². The molecule has 7 aromatic rings. The summed E-state index contributed by atoms with van der Waals surface area (Å²) >= 11 is 0. The molecule has 4 heteroatoms. The van der Waals surface area contributed by atoms with Gasteiger partial charge in [-0.05, 0) is 72.8 Å². The van der Waals surface area contributed by atoms with Crippen LogP contribution in [0.15, 0.2) is 97.1 Å². The maximum absolute atomic E-state index is 10.4. The van der Waals surface area contributed by atoms with Gasteiger partial charge < -0.3 is 0 Å². The van der Waals surface area contributed by atoms with Gasteiger partial charge in [0.2, 0.25) is 5.69 Å². The average molecular weight is 507 g/mol. The lowest BCUT2D eigenvalue weighted by molar-refractivity contribution is 0.709. The third-order valence-electron chi connectivity index (χ3n) is 8.80. The Morgan fingerprint density at radius 1 is 0.600 bits per heavy atom. The molecule has 0 saturated carbocycles. The van der Waals surface area contributed by atoms with Crippen LogP contribution in [-0.4, -0.2) is 9.97 Å². The van der Waals surface area contributed by atoms with Gasteiger partial charge in [-0.15, -0.1) is 0 Å². The van der Waals surface area contributed by atoms with Crippen molar-refractivity contribution in [3.05, 3.63) is 148 Å². The van der Waals surface area contributed by atoms with Gasteiger partial charge in [-0.2, -0.15) is 5.26 Å². The van der Waals surface area contributed by atoms with E-state index in [0.717, 1.165) is 54.7 Å². The Labute approximate surface area is 229 Å². The zero-order valence-corrected chi connectivity index (χ0v) is 21.2. The van der Waals surface area contributed by atoms with E-state index in [2.05, 4.69) is 59.4 Å². The maximum atomic E-state index is 10.4. The second-order valence-electron chi connectivity index (χ2n) is 10.7. The van der Waals surface area contributed by atoms with Crippen LogP contribution in [0.5, 0.6) is 0 Å². The molecule has 0 spiro atoms. The first-order chi connectivity index (χ1) is 19.7. The lowest BCUT2D eigenvalue weighted by Crippen LogP contribution is -2.29. The van der Waals surface area contributed by atoms with Crippen LogP contribution in [0.1, 0.15) is 51.0 Å². The molecule has 0 aliphatic heterocycles. The lowest BCUT2D eigenvalue weighted by Gasteiger charge is -2.40. The Morgan fingerprint density at radius 3 is 1.52 bits per heavy atom. The van der Waals surface area contributed by atoms with Crippen molar-refractivity contribution in [2.45, 2.75) is 11.8 Å². The largest absolute Gasteiger partial charge is 0.248 e. The molecule has 2 bridgehead atoms. The monoisotopic (exact) mass is 506 g/mol. The van der Waals surface area contributed by atoms with Crippen molar-refractivity contribution < 1.29 is 0 Å². The molecule has 0 fully saturated rings. The zero-order valence-electron chi connectivity index (χ0n) is 21.2. The quantitative estimate of drug-likeness (QED) is 0.153. The van der Waals surface area contributed by atoms with E-state index in [0.29, 0.717) is 11.3 Å². The summed E-state index contributed by atoms with van der Waals surface area (Å²) in [5.74, 6) is 0.0511. The summed E-state index contributed by atoms with van der Waals surface area (Å²) in [6.45, 7) is 8.14. The molecule has 0 radical (unpaired) electrons. The molecule has 3 aliphatic rings. The average Bonchev–Trinajstić information content (AvgIpc) is 3.00. The Morgan fingerprint density at radius 2 is 1.02 bits per heavy atom. The number of hydrogen-bond acceptors (Lipinski definition) is 3. The molecule has 40 heavy (non-hydrogen) atoms. The van der Waals surface area contributed by atoms with Crippen LogP contribution in [0.3, 0.4) is 0 Å². The Balaban J connectivity index is 1.40. The predicted molar refractivity (Wildman–Crippen MR) is 158 cm³/mol. The Kier molecular flexibility index (Phi) is 4.01. The molecule has 1 aromatic heterocycles. The molecular weight excluding hydrogens is 488 g/mol. The summed E-state index contributed by atoms with van der Waals surface area (Å²) in [4.78, 5) is 14.5.